The highest BCUT2D eigenvalue weighted by molar-refractivity contribution is 5.66. The number of rotatable bonds is 27. The number of allylic oxidation sites excluding steroid dienone is 2. The first kappa shape index (κ1) is 35.2. The first-order valence-electron chi connectivity index (χ1n) is 17.5. The molecule has 0 amide bonds. The first-order valence-corrected chi connectivity index (χ1v) is 17.5. The second kappa shape index (κ2) is 25.2. The van der Waals surface area contributed by atoms with E-state index in [1.165, 1.54) is 148 Å². The summed E-state index contributed by atoms with van der Waals surface area (Å²) < 4.78 is 0. The Bertz CT molecular complexity index is 554. The van der Waals surface area contributed by atoms with E-state index in [-0.39, 0.29) is 0 Å². The predicted octanol–water partition coefficient (Wildman–Crippen LogP) is 12.3. The summed E-state index contributed by atoms with van der Waals surface area (Å²) in [4.78, 5) is 10.7. The Labute approximate surface area is 239 Å². The van der Waals surface area contributed by atoms with Gasteiger partial charge in [-0.1, -0.05) is 161 Å². The third-order valence-corrected chi connectivity index (χ3v) is 9.36. The summed E-state index contributed by atoms with van der Waals surface area (Å²) >= 11 is 0. The standard InChI is InChI=1S/C36H68O2/c1-4-7-10-12-13-18-23-28-35-33(26-21-17-14-15-19-24-29-36(37)38)31-30-32(25-20-9-6-3)34(35)27-22-16-11-8-5-2/h30-35H,4-29H2,1-3H3,(H,37,38). The van der Waals surface area contributed by atoms with Crippen LogP contribution in [-0.2, 0) is 4.79 Å². The van der Waals surface area contributed by atoms with Crippen LogP contribution in [0, 0.1) is 23.7 Å². The van der Waals surface area contributed by atoms with Crippen molar-refractivity contribution >= 4 is 5.97 Å². The molecule has 1 rings (SSSR count). The molecule has 0 fully saturated rings. The monoisotopic (exact) mass is 533 g/mol. The number of carbonyl (C=O) groups is 1. The van der Waals surface area contributed by atoms with E-state index in [4.69, 9.17) is 5.11 Å². The van der Waals surface area contributed by atoms with E-state index < -0.39 is 5.97 Å². The lowest BCUT2D eigenvalue weighted by Crippen LogP contribution is -2.32. The maximum Gasteiger partial charge on any atom is 0.303 e. The van der Waals surface area contributed by atoms with Crippen LogP contribution in [0.4, 0.5) is 0 Å². The van der Waals surface area contributed by atoms with E-state index in [0.717, 1.165) is 36.5 Å². The van der Waals surface area contributed by atoms with Gasteiger partial charge in [-0.15, -0.1) is 0 Å². The van der Waals surface area contributed by atoms with Crippen molar-refractivity contribution in [2.75, 3.05) is 0 Å². The number of carboxylic acid groups (broad SMARTS) is 1. The van der Waals surface area contributed by atoms with Crippen molar-refractivity contribution in [3.63, 3.8) is 0 Å². The molecule has 1 aliphatic rings. The van der Waals surface area contributed by atoms with Crippen LogP contribution < -0.4 is 0 Å². The molecule has 0 aromatic heterocycles. The molecule has 0 radical (unpaired) electrons. The SMILES string of the molecule is CCCCCCCCCC1C(CCCCCCCCC(=O)O)C=CC(CCCCC)C1CCCCCCC. The molecule has 1 N–H and O–H groups in total. The van der Waals surface area contributed by atoms with Gasteiger partial charge in [0.05, 0.1) is 0 Å². The molecule has 2 nitrogen and oxygen atoms in total. The van der Waals surface area contributed by atoms with E-state index in [2.05, 4.69) is 32.9 Å². The van der Waals surface area contributed by atoms with E-state index in [9.17, 15) is 4.79 Å². The summed E-state index contributed by atoms with van der Waals surface area (Å²) in [6.45, 7) is 6.98. The number of unbranched alkanes of at least 4 members (excludes halogenated alkanes) is 17. The van der Waals surface area contributed by atoms with E-state index in [1.807, 2.05) is 0 Å². The van der Waals surface area contributed by atoms with Crippen LogP contribution in [0.3, 0.4) is 0 Å². The molecule has 0 aromatic carbocycles. The predicted molar refractivity (Wildman–Crippen MR) is 168 cm³/mol. The van der Waals surface area contributed by atoms with Crippen molar-refractivity contribution in [2.24, 2.45) is 23.7 Å². The molecule has 0 aromatic rings. The second-order valence-corrected chi connectivity index (χ2v) is 12.7. The molecular weight excluding hydrogens is 464 g/mol. The quantitative estimate of drug-likeness (QED) is 0.0843. The van der Waals surface area contributed by atoms with Crippen molar-refractivity contribution < 1.29 is 9.90 Å². The van der Waals surface area contributed by atoms with Crippen LogP contribution in [0.25, 0.3) is 0 Å². The van der Waals surface area contributed by atoms with Crippen molar-refractivity contribution in [2.45, 2.75) is 188 Å². The highest BCUT2D eigenvalue weighted by Crippen LogP contribution is 2.44. The average Bonchev–Trinajstić information content (AvgIpc) is 2.91. The van der Waals surface area contributed by atoms with Crippen LogP contribution in [0.5, 0.6) is 0 Å². The molecule has 4 unspecified atom stereocenters. The second-order valence-electron chi connectivity index (χ2n) is 12.7. The van der Waals surface area contributed by atoms with Gasteiger partial charge in [-0.2, -0.15) is 0 Å². The van der Waals surface area contributed by atoms with Gasteiger partial charge in [0, 0.05) is 6.42 Å². The molecule has 0 heterocycles. The lowest BCUT2D eigenvalue weighted by molar-refractivity contribution is -0.137. The average molecular weight is 533 g/mol. The highest BCUT2D eigenvalue weighted by atomic mass is 16.4. The van der Waals surface area contributed by atoms with Crippen LogP contribution >= 0.6 is 0 Å². The molecule has 0 saturated carbocycles. The lowest BCUT2D eigenvalue weighted by Gasteiger charge is -2.41. The molecular formula is C36H68O2. The maximum atomic E-state index is 10.7. The van der Waals surface area contributed by atoms with Gasteiger partial charge in [-0.3, -0.25) is 4.79 Å². The summed E-state index contributed by atoms with van der Waals surface area (Å²) in [5.74, 6) is 2.80. The third-order valence-electron chi connectivity index (χ3n) is 9.36. The number of aliphatic carboxylic acids is 1. The number of hydrogen-bond donors (Lipinski definition) is 1. The molecule has 224 valence electrons. The van der Waals surface area contributed by atoms with Gasteiger partial charge in [0.1, 0.15) is 0 Å². The number of hydrogen-bond acceptors (Lipinski definition) is 1. The van der Waals surface area contributed by atoms with Gasteiger partial charge in [-0.05, 0) is 55.8 Å². The fraction of sp³-hybridized carbons (Fsp3) is 0.917. The number of carboxylic acids is 1. The summed E-state index contributed by atoms with van der Waals surface area (Å²) in [5, 5.41) is 8.84. The first-order chi connectivity index (χ1) is 18.6. The van der Waals surface area contributed by atoms with E-state index in [1.54, 1.807) is 0 Å². The van der Waals surface area contributed by atoms with Crippen molar-refractivity contribution in [1.29, 1.82) is 0 Å². The maximum absolute atomic E-state index is 10.7. The molecule has 0 spiro atoms. The smallest absolute Gasteiger partial charge is 0.303 e. The summed E-state index contributed by atoms with van der Waals surface area (Å²) in [6, 6.07) is 0. The minimum Gasteiger partial charge on any atom is -0.481 e. The summed E-state index contributed by atoms with van der Waals surface area (Å²) in [6.07, 6.45) is 39.7. The Morgan fingerprint density at radius 1 is 0.474 bits per heavy atom. The zero-order valence-corrected chi connectivity index (χ0v) is 26.2. The Morgan fingerprint density at radius 3 is 1.21 bits per heavy atom. The minimum atomic E-state index is -0.644. The third kappa shape index (κ3) is 17.7. The van der Waals surface area contributed by atoms with Crippen LogP contribution in [0.15, 0.2) is 12.2 Å². The van der Waals surface area contributed by atoms with Crippen molar-refractivity contribution in [1.82, 2.24) is 0 Å². The van der Waals surface area contributed by atoms with E-state index in [0.29, 0.717) is 6.42 Å². The van der Waals surface area contributed by atoms with Crippen LogP contribution in [0.1, 0.15) is 188 Å². The zero-order chi connectivity index (χ0) is 27.7. The Kier molecular flexibility index (Phi) is 23.4. The molecule has 4 atom stereocenters. The largest absolute Gasteiger partial charge is 0.481 e. The van der Waals surface area contributed by atoms with Gasteiger partial charge in [0.2, 0.25) is 0 Å². The summed E-state index contributed by atoms with van der Waals surface area (Å²) in [7, 11) is 0. The minimum absolute atomic E-state index is 0.340. The molecule has 2 heteroatoms. The Hall–Kier alpha value is -0.790. The van der Waals surface area contributed by atoms with Gasteiger partial charge in [0.25, 0.3) is 0 Å². The molecule has 0 bridgehead atoms. The molecule has 0 aliphatic heterocycles. The van der Waals surface area contributed by atoms with Gasteiger partial charge in [0.15, 0.2) is 0 Å². The fourth-order valence-corrected chi connectivity index (χ4v) is 7.00. The van der Waals surface area contributed by atoms with Gasteiger partial charge in [-0.25, -0.2) is 0 Å². The Morgan fingerprint density at radius 2 is 0.789 bits per heavy atom. The van der Waals surface area contributed by atoms with Crippen LogP contribution in [-0.4, -0.2) is 11.1 Å². The normalized spacial score (nSPS) is 21.2. The van der Waals surface area contributed by atoms with Gasteiger partial charge < -0.3 is 5.11 Å². The summed E-state index contributed by atoms with van der Waals surface area (Å²) in [5.41, 5.74) is 0. The lowest BCUT2D eigenvalue weighted by atomic mass is 9.64. The molecule has 0 saturated heterocycles. The topological polar surface area (TPSA) is 37.3 Å². The van der Waals surface area contributed by atoms with E-state index >= 15 is 0 Å². The van der Waals surface area contributed by atoms with Crippen LogP contribution in [0.2, 0.25) is 0 Å². The van der Waals surface area contributed by atoms with Crippen molar-refractivity contribution in [3.8, 4) is 0 Å². The molecule has 38 heavy (non-hydrogen) atoms. The van der Waals surface area contributed by atoms with Gasteiger partial charge >= 0.3 is 5.97 Å². The highest BCUT2D eigenvalue weighted by Gasteiger charge is 2.34. The van der Waals surface area contributed by atoms with Crippen molar-refractivity contribution in [3.05, 3.63) is 12.2 Å². The zero-order valence-electron chi connectivity index (χ0n) is 26.2. The Balaban J connectivity index is 2.68. The fourth-order valence-electron chi connectivity index (χ4n) is 7.00. The molecule has 1 aliphatic carbocycles.